The van der Waals surface area contributed by atoms with Gasteiger partial charge in [0.2, 0.25) is 11.7 Å². The van der Waals surface area contributed by atoms with Crippen LogP contribution in [0.5, 0.6) is 11.6 Å². The Labute approximate surface area is 188 Å². The second-order valence-corrected chi connectivity index (χ2v) is 9.01. The van der Waals surface area contributed by atoms with Crippen molar-refractivity contribution in [3.05, 3.63) is 42.0 Å². The van der Waals surface area contributed by atoms with Crippen LogP contribution in [0.25, 0.3) is 0 Å². The minimum atomic E-state index is -0.501. The molecule has 1 aliphatic heterocycles. The Hall–Kier alpha value is -2.90. The number of rotatable bonds is 9. The molecule has 1 saturated carbocycles. The molecule has 2 aliphatic rings. The van der Waals surface area contributed by atoms with E-state index in [0.29, 0.717) is 32.0 Å². The zero-order chi connectivity index (χ0) is 22.7. The molecule has 0 N–H and O–H groups in total. The molecule has 7 nitrogen and oxygen atoms in total. The number of benzene rings is 1. The Balaban J connectivity index is 1.32. The van der Waals surface area contributed by atoms with Crippen molar-refractivity contribution < 1.29 is 18.7 Å². The van der Waals surface area contributed by atoms with E-state index in [9.17, 15) is 9.18 Å². The van der Waals surface area contributed by atoms with Gasteiger partial charge in [-0.3, -0.25) is 4.79 Å². The third kappa shape index (κ3) is 5.47. The van der Waals surface area contributed by atoms with Crippen LogP contribution in [0.3, 0.4) is 0 Å². The molecule has 1 amide bonds. The quantitative estimate of drug-likeness (QED) is 0.591. The lowest BCUT2D eigenvalue weighted by Crippen LogP contribution is -2.26. The average Bonchev–Trinajstić information content (AvgIpc) is 3.50. The number of carbonyl (C=O) groups is 1. The highest BCUT2D eigenvalue weighted by molar-refractivity contribution is 5.76. The standard InChI is InChI=1S/C24H31FN4O3/c1-16(12-21(30)28(2)3)18-6-8-19(9-7-18)32-20-10-11-29(13-20)23-22(25)24(27-15-26-23)31-14-17-4-5-17/h6-9,15-17,20H,4-5,10-14H2,1-3H3/t16-,20?/m1/s1. The lowest BCUT2D eigenvalue weighted by molar-refractivity contribution is -0.129. The smallest absolute Gasteiger partial charge is 0.255 e. The number of aromatic nitrogens is 2. The number of ether oxygens (including phenoxy) is 2. The van der Waals surface area contributed by atoms with Gasteiger partial charge in [-0.25, -0.2) is 4.98 Å². The van der Waals surface area contributed by atoms with Gasteiger partial charge in [0.25, 0.3) is 5.88 Å². The molecule has 0 radical (unpaired) electrons. The number of halogens is 1. The molecule has 2 heterocycles. The van der Waals surface area contributed by atoms with Crippen LogP contribution in [-0.4, -0.2) is 60.7 Å². The summed E-state index contributed by atoms with van der Waals surface area (Å²) >= 11 is 0. The first-order chi connectivity index (χ1) is 15.4. The van der Waals surface area contributed by atoms with Crippen LogP contribution in [0.1, 0.15) is 44.1 Å². The van der Waals surface area contributed by atoms with Gasteiger partial charge in [-0.05, 0) is 42.4 Å². The van der Waals surface area contributed by atoms with Crippen molar-refractivity contribution in [2.45, 2.75) is 44.6 Å². The van der Waals surface area contributed by atoms with Crippen LogP contribution < -0.4 is 14.4 Å². The molecule has 1 saturated heterocycles. The summed E-state index contributed by atoms with van der Waals surface area (Å²) in [5.74, 6) is 1.35. The zero-order valence-corrected chi connectivity index (χ0v) is 19.0. The number of hydrogen-bond donors (Lipinski definition) is 0. The topological polar surface area (TPSA) is 67.8 Å². The van der Waals surface area contributed by atoms with Crippen molar-refractivity contribution in [1.82, 2.24) is 14.9 Å². The van der Waals surface area contributed by atoms with Crippen LogP contribution in [0.2, 0.25) is 0 Å². The van der Waals surface area contributed by atoms with Crippen molar-refractivity contribution in [3.8, 4) is 11.6 Å². The molecule has 172 valence electrons. The SMILES string of the molecule is C[C@H](CC(=O)N(C)C)c1ccc(OC2CCN(c3ncnc(OCC4CC4)c3F)C2)cc1. The van der Waals surface area contributed by atoms with Crippen LogP contribution >= 0.6 is 0 Å². The van der Waals surface area contributed by atoms with E-state index in [-0.39, 0.29) is 29.6 Å². The molecule has 0 spiro atoms. The predicted molar refractivity (Wildman–Crippen MR) is 120 cm³/mol. The first-order valence-electron chi connectivity index (χ1n) is 11.3. The fraction of sp³-hybridized carbons (Fsp3) is 0.542. The minimum absolute atomic E-state index is 0.0312. The molecule has 1 unspecified atom stereocenters. The first kappa shape index (κ1) is 22.3. The van der Waals surface area contributed by atoms with E-state index in [1.165, 1.54) is 6.33 Å². The van der Waals surface area contributed by atoms with Crippen LogP contribution in [-0.2, 0) is 4.79 Å². The number of amides is 1. The van der Waals surface area contributed by atoms with E-state index >= 15 is 0 Å². The Morgan fingerprint density at radius 1 is 1.22 bits per heavy atom. The molecule has 1 aliphatic carbocycles. The van der Waals surface area contributed by atoms with Gasteiger partial charge in [0.1, 0.15) is 18.2 Å². The van der Waals surface area contributed by atoms with E-state index in [1.807, 2.05) is 36.1 Å². The van der Waals surface area contributed by atoms with Crippen molar-refractivity contribution in [1.29, 1.82) is 0 Å². The monoisotopic (exact) mass is 442 g/mol. The Bertz CT molecular complexity index is 933. The van der Waals surface area contributed by atoms with E-state index in [4.69, 9.17) is 9.47 Å². The van der Waals surface area contributed by atoms with Crippen molar-refractivity contribution >= 4 is 11.7 Å². The Morgan fingerprint density at radius 2 is 1.97 bits per heavy atom. The van der Waals surface area contributed by atoms with Gasteiger partial charge in [-0.2, -0.15) is 9.37 Å². The summed E-state index contributed by atoms with van der Waals surface area (Å²) in [4.78, 5) is 23.5. The maximum atomic E-state index is 14.9. The number of anilines is 1. The maximum Gasteiger partial charge on any atom is 0.255 e. The summed E-state index contributed by atoms with van der Waals surface area (Å²) in [7, 11) is 3.54. The molecular formula is C24H31FN4O3. The van der Waals surface area contributed by atoms with Crippen molar-refractivity contribution in [3.63, 3.8) is 0 Å². The zero-order valence-electron chi connectivity index (χ0n) is 19.0. The number of hydrogen-bond acceptors (Lipinski definition) is 6. The van der Waals surface area contributed by atoms with Crippen LogP contribution in [0, 0.1) is 11.7 Å². The van der Waals surface area contributed by atoms with E-state index in [1.54, 1.807) is 19.0 Å². The first-order valence-corrected chi connectivity index (χ1v) is 11.3. The lowest BCUT2D eigenvalue weighted by atomic mass is 9.97. The second-order valence-electron chi connectivity index (χ2n) is 9.01. The molecule has 0 bridgehead atoms. The average molecular weight is 443 g/mol. The van der Waals surface area contributed by atoms with Gasteiger partial charge in [-0.1, -0.05) is 19.1 Å². The van der Waals surface area contributed by atoms with Crippen molar-refractivity contribution in [2.24, 2.45) is 5.92 Å². The van der Waals surface area contributed by atoms with Crippen LogP contribution in [0.15, 0.2) is 30.6 Å². The summed E-state index contributed by atoms with van der Waals surface area (Å²) in [6.45, 7) is 3.76. The van der Waals surface area contributed by atoms with Gasteiger partial charge in [0.15, 0.2) is 5.82 Å². The maximum absolute atomic E-state index is 14.9. The van der Waals surface area contributed by atoms with Crippen LogP contribution in [0.4, 0.5) is 10.2 Å². The van der Waals surface area contributed by atoms with Gasteiger partial charge >= 0.3 is 0 Å². The molecule has 2 aromatic rings. The molecule has 1 aromatic heterocycles. The fourth-order valence-corrected chi connectivity index (χ4v) is 3.79. The largest absolute Gasteiger partial charge is 0.489 e. The summed E-state index contributed by atoms with van der Waals surface area (Å²) < 4.78 is 26.5. The van der Waals surface area contributed by atoms with Gasteiger partial charge in [0, 0.05) is 33.5 Å². The normalized spacial score (nSPS) is 19.0. The summed E-state index contributed by atoms with van der Waals surface area (Å²) in [5.41, 5.74) is 1.10. The van der Waals surface area contributed by atoms with Crippen molar-refractivity contribution in [2.75, 3.05) is 38.7 Å². The predicted octanol–water partition coefficient (Wildman–Crippen LogP) is 3.64. The Kier molecular flexibility index (Phi) is 6.77. The van der Waals surface area contributed by atoms with E-state index in [0.717, 1.165) is 30.6 Å². The minimum Gasteiger partial charge on any atom is -0.489 e. The third-order valence-corrected chi connectivity index (χ3v) is 6.07. The summed E-state index contributed by atoms with van der Waals surface area (Å²) in [5, 5.41) is 0. The second kappa shape index (κ2) is 9.71. The molecule has 32 heavy (non-hydrogen) atoms. The molecule has 2 atom stereocenters. The van der Waals surface area contributed by atoms with Gasteiger partial charge in [-0.15, -0.1) is 0 Å². The summed E-state index contributed by atoms with van der Waals surface area (Å²) in [6, 6.07) is 7.87. The Morgan fingerprint density at radius 3 is 2.66 bits per heavy atom. The van der Waals surface area contributed by atoms with Gasteiger partial charge < -0.3 is 19.3 Å². The fourth-order valence-electron chi connectivity index (χ4n) is 3.79. The highest BCUT2D eigenvalue weighted by Crippen LogP contribution is 2.32. The highest BCUT2D eigenvalue weighted by Gasteiger charge is 2.29. The number of nitrogens with zero attached hydrogens (tertiary/aromatic N) is 4. The molecule has 8 heteroatoms. The molecule has 2 fully saturated rings. The molecular weight excluding hydrogens is 411 g/mol. The molecule has 4 rings (SSSR count). The van der Waals surface area contributed by atoms with E-state index < -0.39 is 5.82 Å². The highest BCUT2D eigenvalue weighted by atomic mass is 19.1. The van der Waals surface area contributed by atoms with E-state index in [2.05, 4.69) is 9.97 Å². The third-order valence-electron chi connectivity index (χ3n) is 6.07. The number of carbonyl (C=O) groups excluding carboxylic acids is 1. The lowest BCUT2D eigenvalue weighted by Gasteiger charge is -2.19. The molecule has 1 aromatic carbocycles. The summed E-state index contributed by atoms with van der Waals surface area (Å²) in [6.07, 6.45) is 4.82. The van der Waals surface area contributed by atoms with Gasteiger partial charge in [0.05, 0.1) is 13.2 Å².